The van der Waals surface area contributed by atoms with Gasteiger partial charge in [-0.15, -0.1) is 0 Å². The molecular formula is C31H39N3O5S. The molecule has 40 heavy (non-hydrogen) atoms. The summed E-state index contributed by atoms with van der Waals surface area (Å²) in [5, 5.41) is 2.90. The van der Waals surface area contributed by atoms with Crippen LogP contribution in [0.25, 0.3) is 0 Å². The standard InChI is InChI=1S/C31H39N3O5S/c1-22(2)19-32-31(36)25(5)33(20-26-10-8-7-9-24(26)4)30(35)21-34(27-13-11-23(3)12-14-27)40(37,38)29-17-15-28(39-6)16-18-29/h7-18,22,25H,19-21H2,1-6H3,(H,32,36)/t25-/m1/s1. The minimum atomic E-state index is -4.14. The number of nitrogens with one attached hydrogen (secondary N) is 1. The molecule has 0 saturated carbocycles. The summed E-state index contributed by atoms with van der Waals surface area (Å²) >= 11 is 0. The van der Waals surface area contributed by atoms with E-state index in [4.69, 9.17) is 4.74 Å². The van der Waals surface area contributed by atoms with Crippen molar-refractivity contribution in [2.24, 2.45) is 5.92 Å². The van der Waals surface area contributed by atoms with Crippen LogP contribution in [-0.4, -0.2) is 51.4 Å². The SMILES string of the molecule is COc1ccc(S(=O)(=O)N(CC(=O)N(Cc2ccccc2C)[C@H](C)C(=O)NCC(C)C)c2ccc(C)cc2)cc1. The van der Waals surface area contributed by atoms with Crippen LogP contribution in [0.5, 0.6) is 5.75 Å². The van der Waals surface area contributed by atoms with E-state index in [1.165, 1.54) is 24.1 Å². The van der Waals surface area contributed by atoms with Gasteiger partial charge in [-0.1, -0.05) is 55.8 Å². The van der Waals surface area contributed by atoms with E-state index >= 15 is 0 Å². The maximum atomic E-state index is 14.0. The lowest BCUT2D eigenvalue weighted by Crippen LogP contribution is -2.51. The van der Waals surface area contributed by atoms with Crippen LogP contribution >= 0.6 is 0 Å². The molecule has 0 fully saturated rings. The van der Waals surface area contributed by atoms with Gasteiger partial charge in [0.1, 0.15) is 18.3 Å². The average molecular weight is 566 g/mol. The lowest BCUT2D eigenvalue weighted by atomic mass is 10.1. The summed E-state index contributed by atoms with van der Waals surface area (Å²) in [6.45, 7) is 9.64. The zero-order chi connectivity index (χ0) is 29.4. The minimum absolute atomic E-state index is 0.0230. The number of benzene rings is 3. The van der Waals surface area contributed by atoms with Crippen molar-refractivity contribution in [1.29, 1.82) is 0 Å². The van der Waals surface area contributed by atoms with Crippen LogP contribution in [0.3, 0.4) is 0 Å². The number of ether oxygens (including phenoxy) is 1. The molecule has 0 aliphatic carbocycles. The van der Waals surface area contributed by atoms with Crippen LogP contribution in [0.1, 0.15) is 37.5 Å². The smallest absolute Gasteiger partial charge is 0.264 e. The summed E-state index contributed by atoms with van der Waals surface area (Å²) in [5.41, 5.74) is 3.15. The van der Waals surface area contributed by atoms with E-state index in [-0.39, 0.29) is 23.3 Å². The van der Waals surface area contributed by atoms with E-state index in [9.17, 15) is 18.0 Å². The van der Waals surface area contributed by atoms with Crippen molar-refractivity contribution in [1.82, 2.24) is 10.2 Å². The third-order valence-electron chi connectivity index (χ3n) is 6.70. The van der Waals surface area contributed by atoms with Crippen molar-refractivity contribution in [3.8, 4) is 5.75 Å². The second-order valence-electron chi connectivity index (χ2n) is 10.3. The molecule has 0 aliphatic rings. The Bertz CT molecular complexity index is 1400. The molecule has 0 bridgehead atoms. The van der Waals surface area contributed by atoms with E-state index < -0.39 is 28.5 Å². The second-order valence-corrected chi connectivity index (χ2v) is 12.1. The molecule has 9 heteroatoms. The molecule has 3 aromatic rings. The molecule has 3 aromatic carbocycles. The highest BCUT2D eigenvalue weighted by Crippen LogP contribution is 2.26. The fourth-order valence-corrected chi connectivity index (χ4v) is 5.53. The van der Waals surface area contributed by atoms with Crippen molar-refractivity contribution in [3.05, 3.63) is 89.5 Å². The molecule has 0 unspecified atom stereocenters. The number of hydrogen-bond acceptors (Lipinski definition) is 5. The Morgan fingerprint density at radius 1 is 0.900 bits per heavy atom. The minimum Gasteiger partial charge on any atom is -0.497 e. The lowest BCUT2D eigenvalue weighted by molar-refractivity contribution is -0.139. The molecule has 0 aliphatic heterocycles. The van der Waals surface area contributed by atoms with E-state index in [1.807, 2.05) is 52.0 Å². The monoisotopic (exact) mass is 565 g/mol. The molecular weight excluding hydrogens is 526 g/mol. The van der Waals surface area contributed by atoms with Gasteiger partial charge in [-0.25, -0.2) is 8.42 Å². The normalized spacial score (nSPS) is 12.1. The highest BCUT2D eigenvalue weighted by molar-refractivity contribution is 7.92. The van der Waals surface area contributed by atoms with E-state index in [0.29, 0.717) is 18.0 Å². The predicted octanol–water partition coefficient (Wildman–Crippen LogP) is 4.70. The number of hydrogen-bond donors (Lipinski definition) is 1. The first-order valence-electron chi connectivity index (χ1n) is 13.3. The maximum absolute atomic E-state index is 14.0. The van der Waals surface area contributed by atoms with Crippen LogP contribution in [0, 0.1) is 19.8 Å². The van der Waals surface area contributed by atoms with Crippen LogP contribution in [-0.2, 0) is 26.2 Å². The Labute approximate surface area is 238 Å². The number of rotatable bonds is 12. The number of sulfonamides is 1. The number of amides is 2. The van der Waals surface area contributed by atoms with Gasteiger partial charge in [0.2, 0.25) is 11.8 Å². The maximum Gasteiger partial charge on any atom is 0.264 e. The van der Waals surface area contributed by atoms with Crippen LogP contribution < -0.4 is 14.4 Å². The second kappa shape index (κ2) is 13.5. The molecule has 1 atom stereocenters. The molecule has 3 rings (SSSR count). The third kappa shape index (κ3) is 7.63. The number of aryl methyl sites for hydroxylation is 2. The number of carbonyl (C=O) groups excluding carboxylic acids is 2. The van der Waals surface area contributed by atoms with Crippen molar-refractivity contribution in [2.45, 2.75) is 52.1 Å². The highest BCUT2D eigenvalue weighted by Gasteiger charge is 2.32. The summed E-state index contributed by atoms with van der Waals surface area (Å²) in [6.07, 6.45) is 0. The fraction of sp³-hybridized carbons (Fsp3) is 0.355. The van der Waals surface area contributed by atoms with E-state index in [1.54, 1.807) is 43.3 Å². The highest BCUT2D eigenvalue weighted by atomic mass is 32.2. The van der Waals surface area contributed by atoms with E-state index in [0.717, 1.165) is 21.0 Å². The van der Waals surface area contributed by atoms with Gasteiger partial charge in [-0.2, -0.15) is 0 Å². The molecule has 0 spiro atoms. The Hall–Kier alpha value is -3.85. The summed E-state index contributed by atoms with van der Waals surface area (Å²) < 4.78 is 34.1. The van der Waals surface area contributed by atoms with Crippen molar-refractivity contribution in [2.75, 3.05) is 24.5 Å². The quantitative estimate of drug-likeness (QED) is 0.344. The molecule has 0 radical (unpaired) electrons. The first-order chi connectivity index (χ1) is 18.9. The van der Waals surface area contributed by atoms with Crippen LogP contribution in [0.15, 0.2) is 77.7 Å². The Morgan fingerprint density at radius 3 is 2.10 bits per heavy atom. The lowest BCUT2D eigenvalue weighted by Gasteiger charge is -2.32. The Morgan fingerprint density at radius 2 is 1.52 bits per heavy atom. The van der Waals surface area contributed by atoms with Crippen LogP contribution in [0.2, 0.25) is 0 Å². The Kier molecular flexibility index (Phi) is 10.3. The molecule has 1 N–H and O–H groups in total. The fourth-order valence-electron chi connectivity index (χ4n) is 4.12. The van der Waals surface area contributed by atoms with Crippen molar-refractivity contribution in [3.63, 3.8) is 0 Å². The van der Waals surface area contributed by atoms with Crippen molar-refractivity contribution < 1.29 is 22.7 Å². The van der Waals surface area contributed by atoms with E-state index in [2.05, 4.69) is 5.32 Å². The van der Waals surface area contributed by atoms with Gasteiger partial charge >= 0.3 is 0 Å². The first kappa shape index (κ1) is 30.7. The summed E-state index contributed by atoms with van der Waals surface area (Å²) in [6, 6.07) is 19.8. The molecule has 0 aromatic heterocycles. The predicted molar refractivity (Wildman–Crippen MR) is 158 cm³/mol. The van der Waals surface area contributed by atoms with Crippen LogP contribution in [0.4, 0.5) is 5.69 Å². The van der Waals surface area contributed by atoms with Gasteiger partial charge in [-0.05, 0) is 74.2 Å². The number of anilines is 1. The van der Waals surface area contributed by atoms with Gasteiger partial charge in [0.15, 0.2) is 0 Å². The average Bonchev–Trinajstić information content (AvgIpc) is 2.94. The summed E-state index contributed by atoms with van der Waals surface area (Å²) in [7, 11) is -2.64. The van der Waals surface area contributed by atoms with Gasteiger partial charge in [-0.3, -0.25) is 13.9 Å². The number of carbonyl (C=O) groups is 2. The zero-order valence-electron chi connectivity index (χ0n) is 24.0. The summed E-state index contributed by atoms with van der Waals surface area (Å²) in [5.74, 6) is -0.0328. The number of nitrogens with zero attached hydrogens (tertiary/aromatic N) is 2. The Balaban J connectivity index is 2.02. The summed E-state index contributed by atoms with van der Waals surface area (Å²) in [4.78, 5) is 28.6. The zero-order valence-corrected chi connectivity index (χ0v) is 24.9. The largest absolute Gasteiger partial charge is 0.497 e. The van der Waals surface area contributed by atoms with Gasteiger partial charge in [0, 0.05) is 13.1 Å². The molecule has 2 amide bonds. The molecule has 0 saturated heterocycles. The third-order valence-corrected chi connectivity index (χ3v) is 8.49. The van der Waals surface area contributed by atoms with Gasteiger partial charge in [0.05, 0.1) is 17.7 Å². The van der Waals surface area contributed by atoms with Crippen molar-refractivity contribution >= 4 is 27.5 Å². The molecule has 8 nitrogen and oxygen atoms in total. The van der Waals surface area contributed by atoms with Gasteiger partial charge < -0.3 is 15.0 Å². The topological polar surface area (TPSA) is 96.0 Å². The number of methoxy groups -OCH3 is 1. The first-order valence-corrected chi connectivity index (χ1v) is 14.7. The van der Waals surface area contributed by atoms with Gasteiger partial charge in [0.25, 0.3) is 10.0 Å². The molecule has 0 heterocycles. The molecule has 214 valence electrons.